The quantitative estimate of drug-likeness (QED) is 0.609. The first-order valence-electron chi connectivity index (χ1n) is 9.99. The fraction of sp³-hybridized carbons (Fsp3) is 0.409. The number of hydrogen-bond acceptors (Lipinski definition) is 5. The van der Waals surface area contributed by atoms with E-state index in [1.165, 1.54) is 16.2 Å². The van der Waals surface area contributed by atoms with Crippen molar-refractivity contribution in [3.05, 3.63) is 51.2 Å². The Morgan fingerprint density at radius 3 is 2.66 bits per heavy atom. The number of thiophene rings is 1. The summed E-state index contributed by atoms with van der Waals surface area (Å²) in [5.41, 5.74) is 2.14. The van der Waals surface area contributed by atoms with Crippen LogP contribution >= 0.6 is 11.3 Å². The number of esters is 1. The largest absolute Gasteiger partial charge is 0.451 e. The average Bonchev–Trinajstić information content (AvgIpc) is 3.43. The first kappa shape index (κ1) is 21.0. The van der Waals surface area contributed by atoms with Crippen molar-refractivity contribution < 1.29 is 19.1 Å². The number of aryl methyl sites for hydroxylation is 2. The molecule has 0 aliphatic heterocycles. The molecule has 2 N–H and O–H groups in total. The second-order valence-corrected chi connectivity index (χ2v) is 8.25. The highest BCUT2D eigenvalue weighted by Crippen LogP contribution is 2.25. The lowest BCUT2D eigenvalue weighted by Gasteiger charge is -2.08. The monoisotopic (exact) mass is 414 g/mol. The lowest BCUT2D eigenvalue weighted by molar-refractivity contribution is -0.119. The molecule has 0 unspecified atom stereocenters. The normalized spacial score (nSPS) is 13.0. The summed E-state index contributed by atoms with van der Waals surface area (Å²) in [4.78, 5) is 38.3. The number of nitrogens with one attached hydrogen (secondary N) is 2. The second-order valence-electron chi connectivity index (χ2n) is 7.12. The van der Waals surface area contributed by atoms with Crippen molar-refractivity contribution in [1.29, 1.82) is 0 Å². The number of hydrogen-bond donors (Lipinski definition) is 2. The summed E-state index contributed by atoms with van der Waals surface area (Å²) in [6.07, 6.45) is 4.84. The van der Waals surface area contributed by atoms with Gasteiger partial charge in [-0.15, -0.1) is 11.3 Å². The molecule has 2 aromatic rings. The van der Waals surface area contributed by atoms with Gasteiger partial charge in [-0.2, -0.15) is 0 Å². The Morgan fingerprint density at radius 1 is 1.17 bits per heavy atom. The maximum absolute atomic E-state index is 12.3. The Labute approximate surface area is 174 Å². The fourth-order valence-corrected chi connectivity index (χ4v) is 4.19. The summed E-state index contributed by atoms with van der Waals surface area (Å²) < 4.78 is 5.17. The standard InChI is InChI=1S/C22H26N2O4S/c1-3-6-18-14(4-2)12-19(29-18)22(27)28-13-20(25)23-17-8-5-7-15(11-17)21(26)24-16-9-10-16/h5,7-8,11-12,16H,3-4,6,9-10,13H2,1-2H3,(H,23,25)(H,24,26). The van der Waals surface area contributed by atoms with Gasteiger partial charge in [0, 0.05) is 22.2 Å². The van der Waals surface area contributed by atoms with E-state index in [0.29, 0.717) is 16.1 Å². The molecule has 3 rings (SSSR count). The number of benzene rings is 1. The molecule has 0 bridgehead atoms. The summed E-state index contributed by atoms with van der Waals surface area (Å²) in [6, 6.07) is 8.83. The average molecular weight is 415 g/mol. The lowest BCUT2D eigenvalue weighted by atomic mass is 10.1. The third-order valence-electron chi connectivity index (χ3n) is 4.61. The van der Waals surface area contributed by atoms with Crippen LogP contribution in [0.4, 0.5) is 5.69 Å². The molecule has 1 saturated carbocycles. The van der Waals surface area contributed by atoms with Gasteiger partial charge in [-0.1, -0.05) is 26.3 Å². The van der Waals surface area contributed by atoms with Crippen molar-refractivity contribution in [2.24, 2.45) is 0 Å². The minimum absolute atomic E-state index is 0.151. The molecule has 0 radical (unpaired) electrons. The Balaban J connectivity index is 1.53. The molecule has 2 amide bonds. The number of rotatable bonds is 9. The van der Waals surface area contributed by atoms with Crippen LogP contribution in [0.15, 0.2) is 30.3 Å². The van der Waals surface area contributed by atoms with E-state index in [0.717, 1.165) is 37.7 Å². The zero-order valence-corrected chi connectivity index (χ0v) is 17.6. The lowest BCUT2D eigenvalue weighted by Crippen LogP contribution is -2.25. The summed E-state index contributed by atoms with van der Waals surface area (Å²) >= 11 is 1.44. The van der Waals surface area contributed by atoms with Gasteiger partial charge in [-0.3, -0.25) is 9.59 Å². The summed E-state index contributed by atoms with van der Waals surface area (Å²) in [7, 11) is 0. The highest BCUT2D eigenvalue weighted by atomic mass is 32.1. The summed E-state index contributed by atoms with van der Waals surface area (Å²) in [5, 5.41) is 5.58. The minimum Gasteiger partial charge on any atom is -0.451 e. The maximum Gasteiger partial charge on any atom is 0.348 e. The molecule has 1 aliphatic carbocycles. The van der Waals surface area contributed by atoms with E-state index >= 15 is 0 Å². The van der Waals surface area contributed by atoms with Crippen LogP contribution in [0.1, 0.15) is 63.6 Å². The minimum atomic E-state index is -0.486. The van der Waals surface area contributed by atoms with Gasteiger partial charge in [0.25, 0.3) is 11.8 Å². The van der Waals surface area contributed by atoms with Gasteiger partial charge in [0.05, 0.1) is 0 Å². The van der Waals surface area contributed by atoms with Crippen LogP contribution in [0.25, 0.3) is 0 Å². The van der Waals surface area contributed by atoms with Crippen LogP contribution in [-0.4, -0.2) is 30.4 Å². The van der Waals surface area contributed by atoms with Crippen LogP contribution in [0.5, 0.6) is 0 Å². The van der Waals surface area contributed by atoms with E-state index in [4.69, 9.17) is 4.74 Å². The predicted octanol–water partition coefficient (Wildman–Crippen LogP) is 3.95. The van der Waals surface area contributed by atoms with Crippen molar-refractivity contribution in [2.45, 2.75) is 52.0 Å². The molecule has 0 spiro atoms. The first-order chi connectivity index (χ1) is 14.0. The molecule has 1 heterocycles. The van der Waals surface area contributed by atoms with Crippen LogP contribution in [-0.2, 0) is 22.4 Å². The number of carbonyl (C=O) groups is 3. The van der Waals surface area contributed by atoms with Gasteiger partial charge in [-0.05, 0) is 55.5 Å². The molecule has 1 aromatic carbocycles. The van der Waals surface area contributed by atoms with Crippen molar-refractivity contribution >= 4 is 34.8 Å². The zero-order chi connectivity index (χ0) is 20.8. The van der Waals surface area contributed by atoms with E-state index in [1.54, 1.807) is 24.3 Å². The molecule has 1 fully saturated rings. The topological polar surface area (TPSA) is 84.5 Å². The van der Waals surface area contributed by atoms with Crippen molar-refractivity contribution in [2.75, 3.05) is 11.9 Å². The van der Waals surface area contributed by atoms with Gasteiger partial charge in [-0.25, -0.2) is 4.79 Å². The van der Waals surface area contributed by atoms with Gasteiger partial charge in [0.1, 0.15) is 4.88 Å². The van der Waals surface area contributed by atoms with Gasteiger partial charge in [0.15, 0.2) is 6.61 Å². The Morgan fingerprint density at radius 2 is 1.97 bits per heavy atom. The number of anilines is 1. The smallest absolute Gasteiger partial charge is 0.348 e. The first-order valence-corrected chi connectivity index (χ1v) is 10.8. The van der Waals surface area contributed by atoms with Crippen molar-refractivity contribution in [3.63, 3.8) is 0 Å². The van der Waals surface area contributed by atoms with E-state index in [1.807, 2.05) is 6.07 Å². The summed E-state index contributed by atoms with van der Waals surface area (Å²) in [6.45, 7) is 3.79. The van der Waals surface area contributed by atoms with Crippen LogP contribution in [0.2, 0.25) is 0 Å². The highest BCUT2D eigenvalue weighted by molar-refractivity contribution is 7.14. The number of ether oxygens (including phenoxy) is 1. The summed E-state index contributed by atoms with van der Waals surface area (Å²) in [5.74, 6) is -1.08. The number of amides is 2. The molecule has 1 aliphatic rings. The fourth-order valence-electron chi connectivity index (χ4n) is 2.94. The second kappa shape index (κ2) is 9.69. The molecule has 6 nitrogen and oxygen atoms in total. The van der Waals surface area contributed by atoms with Gasteiger partial charge < -0.3 is 15.4 Å². The van der Waals surface area contributed by atoms with Gasteiger partial charge >= 0.3 is 5.97 Å². The third-order valence-corrected chi connectivity index (χ3v) is 5.83. The Bertz CT molecular complexity index is 902. The van der Waals surface area contributed by atoms with Crippen LogP contribution in [0.3, 0.4) is 0 Å². The van der Waals surface area contributed by atoms with E-state index in [-0.39, 0.29) is 18.6 Å². The van der Waals surface area contributed by atoms with E-state index in [9.17, 15) is 14.4 Å². The zero-order valence-electron chi connectivity index (χ0n) is 16.7. The predicted molar refractivity (Wildman–Crippen MR) is 114 cm³/mol. The molecular formula is C22H26N2O4S. The molecule has 154 valence electrons. The molecular weight excluding hydrogens is 388 g/mol. The molecule has 29 heavy (non-hydrogen) atoms. The Hall–Kier alpha value is -2.67. The Kier molecular flexibility index (Phi) is 7.04. The van der Waals surface area contributed by atoms with Crippen molar-refractivity contribution in [1.82, 2.24) is 5.32 Å². The van der Waals surface area contributed by atoms with E-state index in [2.05, 4.69) is 24.5 Å². The van der Waals surface area contributed by atoms with Crippen molar-refractivity contribution in [3.8, 4) is 0 Å². The molecule has 7 heteroatoms. The van der Waals surface area contributed by atoms with Gasteiger partial charge in [0.2, 0.25) is 0 Å². The molecule has 0 saturated heterocycles. The maximum atomic E-state index is 12.3. The number of carbonyl (C=O) groups excluding carboxylic acids is 3. The van der Waals surface area contributed by atoms with Crippen LogP contribution in [0, 0.1) is 0 Å². The SMILES string of the molecule is CCCc1sc(C(=O)OCC(=O)Nc2cccc(C(=O)NC3CC3)c2)cc1CC. The highest BCUT2D eigenvalue weighted by Gasteiger charge is 2.24. The molecule has 1 aromatic heterocycles. The third kappa shape index (κ3) is 5.90. The molecule has 0 atom stereocenters. The van der Waals surface area contributed by atoms with E-state index < -0.39 is 11.9 Å². The van der Waals surface area contributed by atoms with Crippen LogP contribution < -0.4 is 10.6 Å².